The second-order valence-corrected chi connectivity index (χ2v) is 16.3. The van der Waals surface area contributed by atoms with Crippen molar-refractivity contribution in [1.82, 2.24) is 15.0 Å². The molecule has 0 bridgehead atoms. The fourth-order valence-electron chi connectivity index (χ4n) is 10.2. The van der Waals surface area contributed by atoms with Crippen LogP contribution in [-0.2, 0) is 5.41 Å². The van der Waals surface area contributed by atoms with Crippen LogP contribution < -0.4 is 0 Å². The van der Waals surface area contributed by atoms with E-state index in [9.17, 15) is 0 Å². The van der Waals surface area contributed by atoms with Crippen molar-refractivity contribution >= 4 is 16.5 Å². The summed E-state index contributed by atoms with van der Waals surface area (Å²) < 4.78 is 6.21. The Bertz CT molecular complexity index is 3420. The van der Waals surface area contributed by atoms with E-state index in [-0.39, 0.29) is 5.41 Å². The molecule has 8 aromatic carbocycles. The molecule has 63 heavy (non-hydrogen) atoms. The molecule has 0 amide bonds. The molecule has 2 aliphatic rings. The molecule has 0 aliphatic heterocycles. The summed E-state index contributed by atoms with van der Waals surface area (Å²) in [5, 5.41) is 0.996. The summed E-state index contributed by atoms with van der Waals surface area (Å²) in [6.07, 6.45) is 3.74. The van der Waals surface area contributed by atoms with Crippen LogP contribution in [0.1, 0.15) is 39.4 Å². The van der Waals surface area contributed by atoms with Crippen LogP contribution in [0.3, 0.4) is 0 Å². The highest BCUT2D eigenvalue weighted by molar-refractivity contribution is 5.98. The van der Waals surface area contributed by atoms with E-state index >= 15 is 0 Å². The van der Waals surface area contributed by atoms with Gasteiger partial charge in [0.1, 0.15) is 11.3 Å². The quantitative estimate of drug-likeness (QED) is 0.151. The van der Waals surface area contributed by atoms with Gasteiger partial charge in [0.05, 0.1) is 5.41 Å². The molecule has 0 saturated carbocycles. The molecular weight excluding hydrogens is 767 g/mol. The van der Waals surface area contributed by atoms with Gasteiger partial charge >= 0.3 is 0 Å². The van der Waals surface area contributed by atoms with E-state index in [1.165, 1.54) is 55.6 Å². The molecule has 0 N–H and O–H groups in total. The number of nitrogens with zero attached hydrogens (tertiary/aromatic N) is 3. The van der Waals surface area contributed by atoms with E-state index in [0.29, 0.717) is 17.5 Å². The highest BCUT2D eigenvalue weighted by Crippen LogP contribution is 2.63. The third-order valence-corrected chi connectivity index (χ3v) is 12.9. The smallest absolute Gasteiger partial charge is 0.164 e. The fourth-order valence-corrected chi connectivity index (χ4v) is 10.2. The standard InChI is InChI=1S/C59H39N3O/c1-3-16-49(55-37(2)63-54-28-14-10-24-48(54)55)58-61-56(40-17-5-4-6-18-40)60-57(62-58)43-20-15-19-41(35-43)38-29-31-39(32-30-38)42-33-34-47-46-23-9-13-27-52(46)59(53(47)36-42)50-25-11-7-21-44(50)45-22-8-12-26-51(45)59/h3-36H,1H2,2H3/b49-16+. The lowest BCUT2D eigenvalue weighted by Crippen LogP contribution is -2.25. The van der Waals surface area contributed by atoms with Crippen LogP contribution in [0.25, 0.3) is 83.8 Å². The number of aryl methyl sites for hydroxylation is 1. The third-order valence-electron chi connectivity index (χ3n) is 12.9. The summed E-state index contributed by atoms with van der Waals surface area (Å²) in [7, 11) is 0. The van der Waals surface area contributed by atoms with E-state index in [4.69, 9.17) is 19.4 Å². The topological polar surface area (TPSA) is 51.8 Å². The number of aromatic nitrogens is 3. The van der Waals surface area contributed by atoms with Crippen molar-refractivity contribution in [2.24, 2.45) is 0 Å². The van der Waals surface area contributed by atoms with Gasteiger partial charge < -0.3 is 4.42 Å². The zero-order valence-corrected chi connectivity index (χ0v) is 34.6. The molecule has 12 rings (SSSR count). The second-order valence-electron chi connectivity index (χ2n) is 16.3. The van der Waals surface area contributed by atoms with Crippen molar-refractivity contribution in [1.29, 1.82) is 0 Å². The van der Waals surface area contributed by atoms with Crippen LogP contribution in [0.4, 0.5) is 0 Å². The SMILES string of the molecule is C=C/C=C(/c1nc(-c2ccccc2)nc(-c2cccc(-c3ccc(-c4ccc5c(c4)C4(c6ccccc6-c6ccccc64)c4ccccc4-5)cc3)c2)n1)c1c(C)oc2ccccc12. The van der Waals surface area contributed by atoms with Crippen molar-refractivity contribution in [2.75, 3.05) is 0 Å². The number of hydrogen-bond acceptors (Lipinski definition) is 4. The maximum absolute atomic E-state index is 6.21. The van der Waals surface area contributed by atoms with Crippen molar-refractivity contribution in [3.8, 4) is 67.3 Å². The van der Waals surface area contributed by atoms with Gasteiger partial charge in [-0.3, -0.25) is 0 Å². The Morgan fingerprint density at radius 1 is 0.460 bits per heavy atom. The largest absolute Gasteiger partial charge is 0.461 e. The first kappa shape index (κ1) is 36.6. The summed E-state index contributed by atoms with van der Waals surface area (Å²) in [6, 6.07) is 69.5. The van der Waals surface area contributed by atoms with E-state index < -0.39 is 0 Å². The maximum Gasteiger partial charge on any atom is 0.164 e. The van der Waals surface area contributed by atoms with Crippen molar-refractivity contribution in [2.45, 2.75) is 12.3 Å². The molecular formula is C59H39N3O. The zero-order chi connectivity index (χ0) is 42.1. The summed E-state index contributed by atoms with van der Waals surface area (Å²) in [4.78, 5) is 15.3. The highest BCUT2D eigenvalue weighted by atomic mass is 16.3. The van der Waals surface area contributed by atoms with Gasteiger partial charge in [0, 0.05) is 27.6 Å². The van der Waals surface area contributed by atoms with E-state index in [1.807, 2.05) is 61.5 Å². The fraction of sp³-hybridized carbons (Fsp3) is 0.0339. The molecule has 1 spiro atoms. The third kappa shape index (κ3) is 5.65. The van der Waals surface area contributed by atoms with Crippen LogP contribution in [0.15, 0.2) is 217 Å². The Balaban J connectivity index is 0.935. The molecule has 0 saturated heterocycles. The molecule has 0 unspecified atom stereocenters. The molecule has 0 fully saturated rings. The summed E-state index contributed by atoms with van der Waals surface area (Å²) in [6.45, 7) is 6.04. The first-order chi connectivity index (χ1) is 31.1. The Kier molecular flexibility index (Phi) is 8.41. The molecule has 0 atom stereocenters. The van der Waals surface area contributed by atoms with Crippen LogP contribution in [0.5, 0.6) is 0 Å². The summed E-state index contributed by atoms with van der Waals surface area (Å²) >= 11 is 0. The number of allylic oxidation sites excluding steroid dienone is 2. The van der Waals surface area contributed by atoms with E-state index in [2.05, 4.69) is 152 Å². The Morgan fingerprint density at radius 2 is 0.968 bits per heavy atom. The van der Waals surface area contributed by atoms with Crippen LogP contribution >= 0.6 is 0 Å². The Hall–Kier alpha value is -8.21. The predicted molar refractivity (Wildman–Crippen MR) is 256 cm³/mol. The number of furan rings is 1. The van der Waals surface area contributed by atoms with Crippen molar-refractivity contribution < 1.29 is 4.42 Å². The minimum atomic E-state index is -0.377. The molecule has 2 heterocycles. The molecule has 10 aromatic rings. The van der Waals surface area contributed by atoms with Gasteiger partial charge in [-0.2, -0.15) is 0 Å². The summed E-state index contributed by atoms with van der Waals surface area (Å²) in [5.74, 6) is 2.51. The number of para-hydroxylation sites is 1. The van der Waals surface area contributed by atoms with Crippen molar-refractivity contribution in [3.05, 3.63) is 252 Å². The Labute approximate surface area is 366 Å². The molecule has 2 aliphatic carbocycles. The molecule has 4 heteroatoms. The lowest BCUT2D eigenvalue weighted by atomic mass is 9.70. The highest BCUT2D eigenvalue weighted by Gasteiger charge is 2.51. The Morgan fingerprint density at radius 3 is 1.62 bits per heavy atom. The number of benzene rings is 8. The van der Waals surface area contributed by atoms with Gasteiger partial charge in [0.15, 0.2) is 17.5 Å². The van der Waals surface area contributed by atoms with Gasteiger partial charge in [-0.05, 0) is 91.9 Å². The van der Waals surface area contributed by atoms with E-state index in [1.54, 1.807) is 6.08 Å². The minimum absolute atomic E-state index is 0.377. The predicted octanol–water partition coefficient (Wildman–Crippen LogP) is 14.6. The van der Waals surface area contributed by atoms with Gasteiger partial charge in [-0.1, -0.05) is 195 Å². The van der Waals surface area contributed by atoms with Crippen LogP contribution in [0, 0.1) is 6.92 Å². The minimum Gasteiger partial charge on any atom is -0.461 e. The molecule has 2 aromatic heterocycles. The maximum atomic E-state index is 6.21. The monoisotopic (exact) mass is 805 g/mol. The lowest BCUT2D eigenvalue weighted by Gasteiger charge is -2.30. The first-order valence-electron chi connectivity index (χ1n) is 21.4. The first-order valence-corrected chi connectivity index (χ1v) is 21.4. The van der Waals surface area contributed by atoms with Crippen LogP contribution in [-0.4, -0.2) is 15.0 Å². The molecule has 296 valence electrons. The van der Waals surface area contributed by atoms with Crippen molar-refractivity contribution in [3.63, 3.8) is 0 Å². The molecule has 0 radical (unpaired) electrons. The van der Waals surface area contributed by atoms with Gasteiger partial charge in [0.2, 0.25) is 0 Å². The normalized spacial score (nSPS) is 13.1. The zero-order valence-electron chi connectivity index (χ0n) is 34.6. The number of rotatable bonds is 7. The summed E-state index contributed by atoms with van der Waals surface area (Å²) in [5.41, 5.74) is 19.2. The van der Waals surface area contributed by atoms with E-state index in [0.717, 1.165) is 50.1 Å². The molecule has 4 nitrogen and oxygen atoms in total. The lowest BCUT2D eigenvalue weighted by molar-refractivity contribution is 0.577. The number of fused-ring (bicyclic) bond motifs is 11. The average Bonchev–Trinajstić information content (AvgIpc) is 3.96. The second kappa shape index (κ2) is 14.5. The number of hydrogen-bond donors (Lipinski definition) is 0. The van der Waals surface area contributed by atoms with Gasteiger partial charge in [0.25, 0.3) is 0 Å². The van der Waals surface area contributed by atoms with Gasteiger partial charge in [-0.25, -0.2) is 15.0 Å². The van der Waals surface area contributed by atoms with Crippen LogP contribution in [0.2, 0.25) is 0 Å². The van der Waals surface area contributed by atoms with Gasteiger partial charge in [-0.15, -0.1) is 0 Å². The average molecular weight is 806 g/mol.